The largest absolute Gasteiger partial charge is 0.507 e. The molecule has 1 atom stereocenters. The molecule has 1 N–H and O–H groups in total. The average molecular weight is 525 g/mol. The maximum absolute atomic E-state index is 13.5. The summed E-state index contributed by atoms with van der Waals surface area (Å²) in [5, 5.41) is 11.5. The number of rotatable bonds is 5. The second-order valence-electron chi connectivity index (χ2n) is 9.34. The number of nitrogens with zero attached hydrogens (tertiary/aromatic N) is 2. The summed E-state index contributed by atoms with van der Waals surface area (Å²) in [6.07, 6.45) is -4.65. The summed E-state index contributed by atoms with van der Waals surface area (Å²) in [4.78, 5) is 29.6. The lowest BCUT2D eigenvalue weighted by Gasteiger charge is -2.26. The van der Waals surface area contributed by atoms with E-state index in [4.69, 9.17) is 4.74 Å². The normalized spacial score (nSPS) is 17.2. The van der Waals surface area contributed by atoms with Crippen LogP contribution in [0.3, 0.4) is 0 Å². The van der Waals surface area contributed by atoms with E-state index in [1.165, 1.54) is 19.2 Å². The van der Waals surface area contributed by atoms with Gasteiger partial charge in [0.2, 0.25) is 0 Å². The minimum atomic E-state index is -4.65. The Morgan fingerprint density at radius 2 is 1.63 bits per heavy atom. The maximum Gasteiger partial charge on any atom is 0.416 e. The molecule has 3 aromatic rings. The van der Waals surface area contributed by atoms with Gasteiger partial charge < -0.3 is 14.7 Å². The van der Waals surface area contributed by atoms with Crippen molar-refractivity contribution >= 4 is 28.8 Å². The maximum atomic E-state index is 13.5. The Hall–Kier alpha value is -4.27. The molecule has 0 bridgehead atoms. The number of aliphatic hydroxyl groups is 1. The highest BCUT2D eigenvalue weighted by Crippen LogP contribution is 2.44. The number of anilines is 2. The van der Waals surface area contributed by atoms with Crippen molar-refractivity contribution in [3.8, 4) is 5.75 Å². The lowest BCUT2D eigenvalue weighted by molar-refractivity contribution is -0.137. The molecule has 1 unspecified atom stereocenters. The summed E-state index contributed by atoms with van der Waals surface area (Å²) in [6.45, 7) is 3.49. The number of ether oxygens (including phenoxy) is 1. The summed E-state index contributed by atoms with van der Waals surface area (Å²) in [5.41, 5.74) is 1.63. The first-order chi connectivity index (χ1) is 17.8. The number of methoxy groups -OCH3 is 1. The molecule has 0 saturated carbocycles. The molecule has 38 heavy (non-hydrogen) atoms. The number of aryl methyl sites for hydroxylation is 2. The van der Waals surface area contributed by atoms with E-state index in [0.717, 1.165) is 22.7 Å². The number of ketones is 1. The van der Waals surface area contributed by atoms with Gasteiger partial charge in [-0.15, -0.1) is 0 Å². The van der Waals surface area contributed by atoms with Gasteiger partial charge in [0.15, 0.2) is 0 Å². The quantitative estimate of drug-likeness (QED) is 0.251. The van der Waals surface area contributed by atoms with E-state index in [1.807, 2.05) is 19.0 Å². The van der Waals surface area contributed by atoms with Crippen molar-refractivity contribution in [2.24, 2.45) is 0 Å². The van der Waals surface area contributed by atoms with Crippen molar-refractivity contribution in [1.82, 2.24) is 0 Å². The molecule has 1 aliphatic rings. The lowest BCUT2D eigenvalue weighted by atomic mass is 9.92. The molecule has 3 aromatic carbocycles. The van der Waals surface area contributed by atoms with Crippen molar-refractivity contribution in [3.63, 3.8) is 0 Å². The van der Waals surface area contributed by atoms with Crippen LogP contribution in [0.15, 0.2) is 66.2 Å². The third-order valence-electron chi connectivity index (χ3n) is 6.62. The van der Waals surface area contributed by atoms with E-state index < -0.39 is 35.2 Å². The minimum absolute atomic E-state index is 0.106. The van der Waals surface area contributed by atoms with Crippen LogP contribution in [-0.4, -0.2) is 38.0 Å². The molecule has 4 rings (SSSR count). The molecule has 6 nitrogen and oxygen atoms in total. The lowest BCUT2D eigenvalue weighted by Crippen LogP contribution is -2.29. The Balaban J connectivity index is 1.97. The first kappa shape index (κ1) is 26.8. The number of hydrogen-bond acceptors (Lipinski definition) is 5. The zero-order valence-corrected chi connectivity index (χ0v) is 21.6. The predicted molar refractivity (Wildman–Crippen MR) is 139 cm³/mol. The molecular formula is C29H27F3N2O4. The highest BCUT2D eigenvalue weighted by Gasteiger charge is 2.47. The molecule has 0 radical (unpaired) electrons. The van der Waals surface area contributed by atoms with Gasteiger partial charge in [0.1, 0.15) is 11.5 Å². The molecule has 1 amide bonds. The summed E-state index contributed by atoms with van der Waals surface area (Å²) in [5.74, 6) is -1.85. The molecule has 0 aromatic heterocycles. The van der Waals surface area contributed by atoms with E-state index in [9.17, 15) is 27.9 Å². The number of benzene rings is 3. The van der Waals surface area contributed by atoms with Gasteiger partial charge in [0, 0.05) is 31.0 Å². The Morgan fingerprint density at radius 1 is 0.974 bits per heavy atom. The summed E-state index contributed by atoms with van der Waals surface area (Å²) in [7, 11) is 5.20. The van der Waals surface area contributed by atoms with Crippen LogP contribution in [0.5, 0.6) is 5.75 Å². The number of carbonyl (C=O) groups is 2. The molecule has 198 valence electrons. The van der Waals surface area contributed by atoms with Crippen LogP contribution >= 0.6 is 0 Å². The van der Waals surface area contributed by atoms with Gasteiger partial charge in [0.05, 0.1) is 24.3 Å². The van der Waals surface area contributed by atoms with Crippen molar-refractivity contribution in [1.29, 1.82) is 0 Å². The van der Waals surface area contributed by atoms with E-state index in [1.54, 1.807) is 50.2 Å². The third-order valence-corrected chi connectivity index (χ3v) is 6.62. The summed E-state index contributed by atoms with van der Waals surface area (Å²) in [6, 6.07) is 13.3. The monoisotopic (exact) mass is 524 g/mol. The van der Waals surface area contributed by atoms with Gasteiger partial charge in [0.25, 0.3) is 11.7 Å². The number of halogens is 3. The Bertz CT molecular complexity index is 1440. The fourth-order valence-corrected chi connectivity index (χ4v) is 4.61. The predicted octanol–water partition coefficient (Wildman–Crippen LogP) is 6.02. The molecule has 1 aliphatic heterocycles. The Kier molecular flexibility index (Phi) is 6.97. The van der Waals surface area contributed by atoms with Crippen LogP contribution in [0, 0.1) is 13.8 Å². The van der Waals surface area contributed by atoms with Gasteiger partial charge in [-0.05, 0) is 73.0 Å². The molecule has 9 heteroatoms. The number of carbonyl (C=O) groups excluding carboxylic acids is 2. The van der Waals surface area contributed by atoms with Gasteiger partial charge in [-0.3, -0.25) is 14.5 Å². The number of amides is 1. The Labute approximate surface area is 218 Å². The molecule has 1 fully saturated rings. The zero-order valence-electron chi connectivity index (χ0n) is 21.6. The van der Waals surface area contributed by atoms with E-state index in [-0.39, 0.29) is 11.3 Å². The van der Waals surface area contributed by atoms with Crippen LogP contribution in [0.2, 0.25) is 0 Å². The van der Waals surface area contributed by atoms with Crippen molar-refractivity contribution in [2.75, 3.05) is 31.0 Å². The second-order valence-corrected chi connectivity index (χ2v) is 9.34. The fourth-order valence-electron chi connectivity index (χ4n) is 4.61. The number of alkyl halides is 3. The summed E-state index contributed by atoms with van der Waals surface area (Å²) >= 11 is 0. The molecule has 0 spiro atoms. The van der Waals surface area contributed by atoms with Crippen LogP contribution in [0.4, 0.5) is 24.5 Å². The number of hydrogen-bond donors (Lipinski definition) is 1. The van der Waals surface area contributed by atoms with E-state index in [0.29, 0.717) is 28.0 Å². The standard InChI is InChI=1S/C29H27F3N2O4/c1-16-14-23(38-5)17(2)13-22(16)26(35)24-25(18-9-11-20(12-10-18)33(3)4)34(28(37)27(24)36)21-8-6-7-19(15-21)29(30,31)32/h6-15,25,35H,1-5H3/b26-24+. The minimum Gasteiger partial charge on any atom is -0.507 e. The van der Waals surface area contributed by atoms with Gasteiger partial charge >= 0.3 is 6.18 Å². The molecule has 0 aliphatic carbocycles. The fraction of sp³-hybridized carbons (Fsp3) is 0.241. The van der Waals surface area contributed by atoms with Gasteiger partial charge in [-0.25, -0.2) is 0 Å². The SMILES string of the molecule is COc1cc(C)c(/C(O)=C2\C(=O)C(=O)N(c3cccc(C(F)(F)F)c3)C2c2ccc(N(C)C)cc2)cc1C. The van der Waals surface area contributed by atoms with Crippen LogP contribution in [0.25, 0.3) is 5.76 Å². The van der Waals surface area contributed by atoms with Crippen molar-refractivity contribution in [2.45, 2.75) is 26.1 Å². The van der Waals surface area contributed by atoms with Gasteiger partial charge in [-0.2, -0.15) is 13.2 Å². The number of Topliss-reactive ketones (excluding diaryl/α,β-unsaturated/α-hetero) is 1. The highest BCUT2D eigenvalue weighted by atomic mass is 19.4. The van der Waals surface area contributed by atoms with Crippen molar-refractivity contribution < 1.29 is 32.6 Å². The topological polar surface area (TPSA) is 70.1 Å². The third kappa shape index (κ3) is 4.71. The van der Waals surface area contributed by atoms with Crippen LogP contribution in [-0.2, 0) is 15.8 Å². The highest BCUT2D eigenvalue weighted by molar-refractivity contribution is 6.51. The first-order valence-electron chi connectivity index (χ1n) is 11.8. The van der Waals surface area contributed by atoms with Gasteiger partial charge in [-0.1, -0.05) is 18.2 Å². The van der Waals surface area contributed by atoms with Crippen LogP contribution < -0.4 is 14.5 Å². The molecule has 1 saturated heterocycles. The smallest absolute Gasteiger partial charge is 0.416 e. The van der Waals surface area contributed by atoms with E-state index >= 15 is 0 Å². The zero-order chi connectivity index (χ0) is 27.9. The second kappa shape index (κ2) is 9.89. The molecular weight excluding hydrogens is 497 g/mol. The first-order valence-corrected chi connectivity index (χ1v) is 11.8. The van der Waals surface area contributed by atoms with Crippen LogP contribution in [0.1, 0.15) is 33.9 Å². The molecule has 1 heterocycles. The summed E-state index contributed by atoms with van der Waals surface area (Å²) < 4.78 is 45.8. The van der Waals surface area contributed by atoms with Crippen molar-refractivity contribution in [3.05, 3.63) is 94.1 Å². The Morgan fingerprint density at radius 3 is 2.21 bits per heavy atom. The number of aliphatic hydroxyl groups excluding tert-OH is 1. The van der Waals surface area contributed by atoms with E-state index in [2.05, 4.69) is 0 Å². The average Bonchev–Trinajstić information content (AvgIpc) is 3.14.